The van der Waals surface area contributed by atoms with Crippen LogP contribution in [0.1, 0.15) is 66.8 Å². The first-order valence-electron chi connectivity index (χ1n) is 11.3. The number of hydrogen-bond acceptors (Lipinski definition) is 5. The third-order valence-electron chi connectivity index (χ3n) is 6.75. The number of ether oxygens (including phenoxy) is 1. The molecule has 166 valence electrons. The predicted octanol–water partition coefficient (Wildman–Crippen LogP) is 4.16. The zero-order chi connectivity index (χ0) is 22.7. The molecule has 2 aliphatic rings. The van der Waals surface area contributed by atoms with Gasteiger partial charge in [-0.25, -0.2) is 4.98 Å². The number of hydrogen-bond donors (Lipinski definition) is 0. The zero-order valence-electron chi connectivity index (χ0n) is 19.4. The van der Waals surface area contributed by atoms with Crippen molar-refractivity contribution in [3.05, 3.63) is 62.4 Å². The summed E-state index contributed by atoms with van der Waals surface area (Å²) in [5.41, 5.74) is 7.62. The minimum absolute atomic E-state index is 0.0558. The molecule has 0 bridgehead atoms. The molecule has 0 amide bonds. The van der Waals surface area contributed by atoms with E-state index >= 15 is 0 Å². The first-order valence-corrected chi connectivity index (χ1v) is 11.3. The van der Waals surface area contributed by atoms with E-state index in [4.69, 9.17) is 9.72 Å². The quantitative estimate of drug-likeness (QED) is 0.454. The molecule has 0 N–H and O–H groups in total. The molecule has 1 aromatic carbocycles. The summed E-state index contributed by atoms with van der Waals surface area (Å²) in [5, 5.41) is 1.15. The summed E-state index contributed by atoms with van der Waals surface area (Å²) in [4.78, 5) is 32.8. The van der Waals surface area contributed by atoms with Gasteiger partial charge in [0, 0.05) is 17.5 Å². The van der Waals surface area contributed by atoms with E-state index in [0.29, 0.717) is 24.4 Å². The molecule has 0 unspecified atom stereocenters. The molecule has 2 aromatic heterocycles. The second-order valence-electron chi connectivity index (χ2n) is 9.51. The van der Waals surface area contributed by atoms with Crippen LogP contribution in [0.15, 0.2) is 29.1 Å². The predicted molar refractivity (Wildman–Crippen MR) is 125 cm³/mol. The van der Waals surface area contributed by atoms with Crippen molar-refractivity contribution < 1.29 is 9.53 Å². The molecule has 0 fully saturated rings. The number of fused-ring (bicyclic) bond motifs is 5. The van der Waals surface area contributed by atoms with Crippen molar-refractivity contribution in [1.82, 2.24) is 14.5 Å². The number of aromatic nitrogens is 2. The Hall–Kier alpha value is -2.99. The van der Waals surface area contributed by atoms with Gasteiger partial charge in [0.1, 0.15) is 6.61 Å². The SMILES string of the molecule is CC[C@H]1C(=O)OCc2c1cc1n(c2=O)Cc2cc3c(CN(C)C)c(C(C)C)ccc3nc2-1. The lowest BCUT2D eigenvalue weighted by molar-refractivity contribution is -0.148. The number of cyclic esters (lactones) is 1. The third kappa shape index (κ3) is 3.08. The van der Waals surface area contributed by atoms with Gasteiger partial charge in [-0.05, 0) is 61.3 Å². The van der Waals surface area contributed by atoms with Crippen LogP contribution in [0.3, 0.4) is 0 Å². The van der Waals surface area contributed by atoms with Gasteiger partial charge in [-0.2, -0.15) is 0 Å². The molecular weight excluding hydrogens is 402 g/mol. The molecule has 0 radical (unpaired) electrons. The molecule has 0 saturated carbocycles. The Morgan fingerprint density at radius 1 is 1.22 bits per heavy atom. The van der Waals surface area contributed by atoms with Crippen molar-refractivity contribution in [3.8, 4) is 11.4 Å². The number of esters is 1. The van der Waals surface area contributed by atoms with E-state index in [9.17, 15) is 9.59 Å². The summed E-state index contributed by atoms with van der Waals surface area (Å²) < 4.78 is 7.09. The lowest BCUT2D eigenvalue weighted by Crippen LogP contribution is -2.32. The van der Waals surface area contributed by atoms with Gasteiger partial charge in [-0.1, -0.05) is 26.8 Å². The van der Waals surface area contributed by atoms with Gasteiger partial charge in [0.15, 0.2) is 0 Å². The molecular formula is C26H29N3O3. The monoisotopic (exact) mass is 431 g/mol. The number of pyridine rings is 2. The van der Waals surface area contributed by atoms with Gasteiger partial charge < -0.3 is 14.2 Å². The average Bonchev–Trinajstić information content (AvgIpc) is 3.10. The maximum Gasteiger partial charge on any atom is 0.313 e. The van der Waals surface area contributed by atoms with Crippen LogP contribution in [0, 0.1) is 0 Å². The van der Waals surface area contributed by atoms with E-state index in [-0.39, 0.29) is 24.1 Å². The summed E-state index contributed by atoms with van der Waals surface area (Å²) >= 11 is 0. The molecule has 5 rings (SSSR count). The fourth-order valence-corrected chi connectivity index (χ4v) is 5.18. The van der Waals surface area contributed by atoms with Crippen LogP contribution in [0.5, 0.6) is 0 Å². The normalized spacial score (nSPS) is 17.0. The molecule has 0 aliphatic carbocycles. The van der Waals surface area contributed by atoms with Crippen LogP contribution in [0.2, 0.25) is 0 Å². The van der Waals surface area contributed by atoms with Crippen LogP contribution in [-0.2, 0) is 29.2 Å². The molecule has 6 heteroatoms. The van der Waals surface area contributed by atoms with Crippen LogP contribution >= 0.6 is 0 Å². The molecule has 4 heterocycles. The number of rotatable bonds is 4. The fraction of sp³-hybridized carbons (Fsp3) is 0.423. The smallest absolute Gasteiger partial charge is 0.313 e. The van der Waals surface area contributed by atoms with Crippen LogP contribution < -0.4 is 5.56 Å². The number of carbonyl (C=O) groups excluding carboxylic acids is 1. The van der Waals surface area contributed by atoms with Crippen molar-refractivity contribution in [3.63, 3.8) is 0 Å². The minimum atomic E-state index is -0.387. The second kappa shape index (κ2) is 7.55. The highest BCUT2D eigenvalue weighted by atomic mass is 16.5. The number of nitrogens with zero attached hydrogens (tertiary/aromatic N) is 3. The second-order valence-corrected chi connectivity index (χ2v) is 9.51. The Balaban J connectivity index is 1.73. The lowest BCUT2D eigenvalue weighted by Gasteiger charge is -2.24. The van der Waals surface area contributed by atoms with E-state index < -0.39 is 0 Å². The molecule has 6 nitrogen and oxygen atoms in total. The first-order chi connectivity index (χ1) is 15.3. The van der Waals surface area contributed by atoms with Crippen LogP contribution in [0.25, 0.3) is 22.3 Å². The molecule has 0 saturated heterocycles. The number of benzene rings is 1. The Kier molecular flexibility index (Phi) is 4.93. The van der Waals surface area contributed by atoms with Gasteiger partial charge in [-0.15, -0.1) is 0 Å². The van der Waals surface area contributed by atoms with Crippen molar-refractivity contribution in [2.75, 3.05) is 14.1 Å². The van der Waals surface area contributed by atoms with E-state index in [1.54, 1.807) is 4.57 Å². The highest BCUT2D eigenvalue weighted by Crippen LogP contribution is 2.38. The van der Waals surface area contributed by atoms with Crippen molar-refractivity contribution in [1.29, 1.82) is 0 Å². The maximum absolute atomic E-state index is 13.3. The Morgan fingerprint density at radius 3 is 2.69 bits per heavy atom. The molecule has 2 aliphatic heterocycles. The Bertz CT molecular complexity index is 1320. The highest BCUT2D eigenvalue weighted by Gasteiger charge is 2.34. The summed E-state index contributed by atoms with van der Waals surface area (Å²) in [6.45, 7) is 7.77. The standard InChI is InChI=1S/C26H29N3O3/c1-6-16-18-10-23-24-15(11-29(23)25(30)21(18)13-32-26(16)31)9-19-20(12-28(4)5)17(14(2)3)7-8-22(19)27-24/h7-10,14,16H,6,11-13H2,1-5H3/t16-/m1/s1. The molecule has 1 atom stereocenters. The van der Waals surface area contributed by atoms with Crippen molar-refractivity contribution in [2.24, 2.45) is 0 Å². The van der Waals surface area contributed by atoms with Gasteiger partial charge in [0.05, 0.1) is 34.9 Å². The van der Waals surface area contributed by atoms with Gasteiger partial charge >= 0.3 is 5.97 Å². The largest absolute Gasteiger partial charge is 0.460 e. The summed E-state index contributed by atoms with van der Waals surface area (Å²) in [7, 11) is 4.16. The third-order valence-corrected chi connectivity index (χ3v) is 6.75. The summed E-state index contributed by atoms with van der Waals surface area (Å²) in [5.74, 6) is -0.219. The van der Waals surface area contributed by atoms with Crippen LogP contribution in [0.4, 0.5) is 0 Å². The van der Waals surface area contributed by atoms with Crippen molar-refractivity contribution in [2.45, 2.75) is 58.7 Å². The van der Waals surface area contributed by atoms with E-state index in [2.05, 4.69) is 51.0 Å². The maximum atomic E-state index is 13.3. The van der Waals surface area contributed by atoms with Crippen molar-refractivity contribution >= 4 is 16.9 Å². The number of carbonyl (C=O) groups is 1. The fourth-order valence-electron chi connectivity index (χ4n) is 5.18. The topological polar surface area (TPSA) is 64.4 Å². The average molecular weight is 432 g/mol. The van der Waals surface area contributed by atoms with E-state index in [0.717, 1.165) is 40.0 Å². The Morgan fingerprint density at radius 2 is 2.00 bits per heavy atom. The molecule has 0 spiro atoms. The lowest BCUT2D eigenvalue weighted by atomic mass is 9.90. The first kappa shape index (κ1) is 20.9. The van der Waals surface area contributed by atoms with E-state index in [1.165, 1.54) is 11.1 Å². The Labute approximate surface area is 187 Å². The van der Waals surface area contributed by atoms with Gasteiger partial charge in [0.25, 0.3) is 5.56 Å². The summed E-state index contributed by atoms with van der Waals surface area (Å²) in [6.07, 6.45) is 0.610. The van der Waals surface area contributed by atoms with E-state index in [1.807, 2.05) is 13.0 Å². The zero-order valence-corrected chi connectivity index (χ0v) is 19.4. The van der Waals surface area contributed by atoms with Crippen LogP contribution in [-0.4, -0.2) is 34.5 Å². The summed E-state index contributed by atoms with van der Waals surface area (Å²) in [6, 6.07) is 8.49. The van der Waals surface area contributed by atoms with Gasteiger partial charge in [0.2, 0.25) is 0 Å². The molecule has 3 aromatic rings. The molecule has 32 heavy (non-hydrogen) atoms. The van der Waals surface area contributed by atoms with Gasteiger partial charge in [-0.3, -0.25) is 9.59 Å². The minimum Gasteiger partial charge on any atom is -0.460 e. The highest BCUT2D eigenvalue weighted by molar-refractivity contribution is 5.88.